The average Bonchev–Trinajstić information content (AvgIpc) is 1.99. The molecule has 0 nitrogen and oxygen atoms in total. The molecule has 0 rings (SSSR count). The first-order valence-electron chi connectivity index (χ1n) is 2.89. The molecule has 0 fully saturated rings. The van der Waals surface area contributed by atoms with Gasteiger partial charge >= 0.3 is 30.6 Å². The van der Waals surface area contributed by atoms with E-state index in [1.165, 1.54) is 0 Å². The Balaban J connectivity index is 5.51. The minimum atomic E-state index is -6.86. The number of hydrogen-bond donors (Lipinski definition) is 0. The van der Waals surface area contributed by atoms with Crippen molar-refractivity contribution in [1.29, 1.82) is 0 Å². The standard InChI is InChI=1S/C5F10/c6-1(7)3(10,5(13,14)15)4(11,12)2(8)9. The Hall–Kier alpha value is -0.700. The second-order valence-corrected chi connectivity index (χ2v) is 2.25. The van der Waals surface area contributed by atoms with Crippen LogP contribution in [0.15, 0.2) is 0 Å². The lowest BCUT2D eigenvalue weighted by Crippen LogP contribution is -2.58. The number of alkyl halides is 6. The minimum absolute atomic E-state index is 4.39. The van der Waals surface area contributed by atoms with Gasteiger partial charge in [0, 0.05) is 0 Å². The fraction of sp³-hybridized carbons (Fsp3) is 0.600. The van der Waals surface area contributed by atoms with Crippen LogP contribution < -0.4 is 0 Å². The quantitative estimate of drug-likeness (QED) is 0.669. The van der Waals surface area contributed by atoms with Crippen molar-refractivity contribution < 1.29 is 43.9 Å². The molecule has 90 valence electrons. The Morgan fingerprint density at radius 2 is 0.933 bits per heavy atom. The molecule has 0 aromatic heterocycles. The van der Waals surface area contributed by atoms with Gasteiger partial charge < -0.3 is 0 Å². The van der Waals surface area contributed by atoms with Gasteiger partial charge in [-0.1, -0.05) is 0 Å². The molecule has 0 spiro atoms. The van der Waals surface area contributed by atoms with Crippen molar-refractivity contribution in [3.63, 3.8) is 0 Å². The molecule has 0 aliphatic rings. The SMILES string of the molecule is F[C](F)C(F)(F)C(F)([C](F)F)C(F)(F)F. The Morgan fingerprint density at radius 3 is 1.00 bits per heavy atom. The summed E-state index contributed by atoms with van der Waals surface area (Å²) in [5.41, 5.74) is -6.68. The van der Waals surface area contributed by atoms with Gasteiger partial charge in [-0.2, -0.15) is 39.5 Å². The molecule has 0 saturated carbocycles. The molecule has 0 aliphatic heterocycles. The third-order valence-corrected chi connectivity index (χ3v) is 1.32. The zero-order chi connectivity index (χ0) is 12.7. The fourth-order valence-electron chi connectivity index (χ4n) is 0.534. The molecule has 0 aromatic rings. The molecule has 0 N–H and O–H groups in total. The first-order valence-corrected chi connectivity index (χ1v) is 2.89. The van der Waals surface area contributed by atoms with E-state index < -0.39 is 30.6 Å². The molecule has 0 aromatic carbocycles. The van der Waals surface area contributed by atoms with Crippen molar-refractivity contribution in [2.45, 2.75) is 17.8 Å². The third kappa shape index (κ3) is 1.98. The van der Waals surface area contributed by atoms with Gasteiger partial charge in [-0.05, 0) is 0 Å². The maximum Gasteiger partial charge on any atom is 0.435 e. The van der Waals surface area contributed by atoms with Gasteiger partial charge in [-0.25, -0.2) is 4.39 Å². The maximum atomic E-state index is 12.3. The monoisotopic (exact) mass is 250 g/mol. The minimum Gasteiger partial charge on any atom is -0.219 e. The smallest absolute Gasteiger partial charge is 0.219 e. The summed E-state index contributed by atoms with van der Waals surface area (Å²) in [6, 6.07) is 0. The van der Waals surface area contributed by atoms with E-state index in [2.05, 4.69) is 0 Å². The first-order chi connectivity index (χ1) is 6.39. The van der Waals surface area contributed by atoms with E-state index in [9.17, 15) is 43.9 Å². The molecule has 2 radical (unpaired) electrons. The van der Waals surface area contributed by atoms with Crippen LogP contribution in [0.1, 0.15) is 0 Å². The lowest BCUT2D eigenvalue weighted by atomic mass is 9.97. The summed E-state index contributed by atoms with van der Waals surface area (Å²) in [4.78, 5) is 0. The van der Waals surface area contributed by atoms with Crippen molar-refractivity contribution in [3.8, 4) is 0 Å². The van der Waals surface area contributed by atoms with E-state index in [0.29, 0.717) is 0 Å². The van der Waals surface area contributed by atoms with E-state index in [4.69, 9.17) is 0 Å². The highest BCUT2D eigenvalue weighted by atomic mass is 19.4. The van der Waals surface area contributed by atoms with E-state index >= 15 is 0 Å². The maximum absolute atomic E-state index is 12.3. The Bertz CT molecular complexity index is 216. The fourth-order valence-corrected chi connectivity index (χ4v) is 0.534. The van der Waals surface area contributed by atoms with Gasteiger partial charge in [-0.3, -0.25) is 0 Å². The van der Waals surface area contributed by atoms with Crippen LogP contribution in [0.4, 0.5) is 43.9 Å². The molecule has 0 aliphatic carbocycles. The van der Waals surface area contributed by atoms with Crippen LogP contribution in [0, 0.1) is 12.9 Å². The Labute approximate surface area is 75.9 Å². The normalized spacial score (nSPS) is 18.4. The van der Waals surface area contributed by atoms with Crippen LogP contribution in [-0.4, -0.2) is 17.8 Å². The molecule has 0 saturated heterocycles. The second-order valence-electron chi connectivity index (χ2n) is 2.25. The highest BCUT2D eigenvalue weighted by Gasteiger charge is 2.81. The van der Waals surface area contributed by atoms with Crippen molar-refractivity contribution >= 4 is 0 Å². The van der Waals surface area contributed by atoms with Crippen molar-refractivity contribution in [1.82, 2.24) is 0 Å². The third-order valence-electron chi connectivity index (χ3n) is 1.32. The van der Waals surface area contributed by atoms with Gasteiger partial charge in [-0.15, -0.1) is 0 Å². The van der Waals surface area contributed by atoms with Crippen LogP contribution in [0.3, 0.4) is 0 Å². The molecular formula is C5F10. The summed E-state index contributed by atoms with van der Waals surface area (Å²) < 4.78 is 116. The summed E-state index contributed by atoms with van der Waals surface area (Å²) in [5.74, 6) is -6.63. The Morgan fingerprint density at radius 1 is 0.600 bits per heavy atom. The summed E-state index contributed by atoms with van der Waals surface area (Å²) in [6.45, 7) is 0. The average molecular weight is 250 g/mol. The number of rotatable bonds is 3. The van der Waals surface area contributed by atoms with E-state index in [0.717, 1.165) is 0 Å². The Kier molecular flexibility index (Phi) is 3.53. The molecule has 0 amide bonds. The summed E-state index contributed by atoms with van der Waals surface area (Å²) in [5, 5.41) is 0. The topological polar surface area (TPSA) is 0 Å². The zero-order valence-corrected chi connectivity index (χ0v) is 6.28. The molecule has 10 heteroatoms. The van der Waals surface area contributed by atoms with Gasteiger partial charge in [0.2, 0.25) is 0 Å². The molecular weight excluding hydrogens is 250 g/mol. The van der Waals surface area contributed by atoms with Crippen molar-refractivity contribution in [2.75, 3.05) is 0 Å². The summed E-state index contributed by atoms with van der Waals surface area (Å²) in [7, 11) is 0. The van der Waals surface area contributed by atoms with Gasteiger partial charge in [0.05, 0.1) is 0 Å². The van der Waals surface area contributed by atoms with Crippen LogP contribution in [-0.2, 0) is 0 Å². The molecule has 15 heavy (non-hydrogen) atoms. The van der Waals surface area contributed by atoms with E-state index in [1.54, 1.807) is 0 Å². The summed E-state index contributed by atoms with van der Waals surface area (Å²) >= 11 is 0. The van der Waals surface area contributed by atoms with Gasteiger partial charge in [0.1, 0.15) is 0 Å². The molecule has 0 heterocycles. The highest BCUT2D eigenvalue weighted by molar-refractivity contribution is 5.14. The van der Waals surface area contributed by atoms with Crippen molar-refractivity contribution in [3.05, 3.63) is 12.9 Å². The highest BCUT2D eigenvalue weighted by Crippen LogP contribution is 2.55. The van der Waals surface area contributed by atoms with Crippen LogP contribution in [0.2, 0.25) is 0 Å². The van der Waals surface area contributed by atoms with Crippen molar-refractivity contribution in [2.24, 2.45) is 0 Å². The van der Waals surface area contributed by atoms with Crippen LogP contribution >= 0.6 is 0 Å². The van der Waals surface area contributed by atoms with Crippen LogP contribution in [0.25, 0.3) is 0 Å². The largest absolute Gasteiger partial charge is 0.435 e. The molecule has 0 bridgehead atoms. The lowest BCUT2D eigenvalue weighted by molar-refractivity contribution is -0.319. The van der Waals surface area contributed by atoms with Gasteiger partial charge in [0.25, 0.3) is 0 Å². The van der Waals surface area contributed by atoms with Gasteiger partial charge in [0.15, 0.2) is 0 Å². The van der Waals surface area contributed by atoms with E-state index in [1.807, 2.05) is 0 Å². The molecule has 1 unspecified atom stereocenters. The number of hydrogen-bond acceptors (Lipinski definition) is 0. The lowest BCUT2D eigenvalue weighted by Gasteiger charge is -2.31. The second kappa shape index (κ2) is 3.71. The van der Waals surface area contributed by atoms with Crippen LogP contribution in [0.5, 0.6) is 0 Å². The summed E-state index contributed by atoms with van der Waals surface area (Å²) in [6.07, 6.45) is -15.7. The molecule has 1 atom stereocenters. The zero-order valence-electron chi connectivity index (χ0n) is 6.28. The van der Waals surface area contributed by atoms with E-state index in [-0.39, 0.29) is 0 Å². The first kappa shape index (κ1) is 14.3. The predicted octanol–water partition coefficient (Wildman–Crippen LogP) is 3.75. The predicted molar refractivity (Wildman–Crippen MR) is 25.8 cm³/mol. The number of halogens is 10.